The zero-order valence-corrected chi connectivity index (χ0v) is 10.00. The summed E-state index contributed by atoms with van der Waals surface area (Å²) < 4.78 is 5.68. The molecule has 1 heterocycles. The van der Waals surface area contributed by atoms with E-state index in [1.807, 2.05) is 36.4 Å². The zero-order chi connectivity index (χ0) is 12.1. The quantitative estimate of drug-likeness (QED) is 0.660. The maximum absolute atomic E-state index is 6.09. The van der Waals surface area contributed by atoms with Gasteiger partial charge in [-0.2, -0.15) is 0 Å². The van der Waals surface area contributed by atoms with E-state index in [0.29, 0.717) is 18.1 Å². The summed E-state index contributed by atoms with van der Waals surface area (Å²) in [5.41, 5.74) is 0.900. The summed E-state index contributed by atoms with van der Waals surface area (Å²) in [5, 5.41) is 3.75. The van der Waals surface area contributed by atoms with Crippen LogP contribution in [0, 0.1) is 12.3 Å². The third-order valence-electron chi connectivity index (χ3n) is 2.33. The Balaban J connectivity index is 2.14. The number of terminal acetylenes is 1. The average Bonchev–Trinajstić information content (AvgIpc) is 2.79. The van der Waals surface area contributed by atoms with Gasteiger partial charge in [0.2, 0.25) is 0 Å². The van der Waals surface area contributed by atoms with Crippen LogP contribution in [0.1, 0.15) is 5.76 Å². The molecule has 0 spiro atoms. The summed E-state index contributed by atoms with van der Waals surface area (Å²) in [6.07, 6.45) is 5.15. The zero-order valence-electron chi connectivity index (χ0n) is 9.24. The van der Waals surface area contributed by atoms with Crippen molar-refractivity contribution in [2.45, 2.75) is 6.54 Å². The molecule has 0 aliphatic carbocycles. The largest absolute Gasteiger partial charge is 0.460 e. The number of halogens is 1. The first-order valence-corrected chi connectivity index (χ1v) is 5.67. The smallest absolute Gasteiger partial charge is 0.135 e. The van der Waals surface area contributed by atoms with E-state index in [2.05, 4.69) is 11.2 Å². The predicted molar refractivity (Wildman–Crippen MR) is 69.7 cm³/mol. The van der Waals surface area contributed by atoms with Crippen LogP contribution in [0.4, 0.5) is 0 Å². The van der Waals surface area contributed by atoms with Crippen LogP contribution in [0.3, 0.4) is 0 Å². The fraction of sp³-hybridized carbons (Fsp3) is 0.143. The molecule has 0 radical (unpaired) electrons. The molecule has 0 aliphatic rings. The lowest BCUT2D eigenvalue weighted by Crippen LogP contribution is -2.12. The summed E-state index contributed by atoms with van der Waals surface area (Å²) in [6.45, 7) is 1.15. The molecule has 86 valence electrons. The molecule has 2 rings (SSSR count). The molecule has 0 saturated heterocycles. The number of benzene rings is 1. The van der Waals surface area contributed by atoms with Crippen LogP contribution in [0.2, 0.25) is 5.02 Å². The lowest BCUT2D eigenvalue weighted by atomic mass is 10.2. The SMILES string of the molecule is C#CCNCc1ccc(-c2ccccc2Cl)o1. The third-order valence-corrected chi connectivity index (χ3v) is 2.66. The molecule has 3 heteroatoms. The number of hydrogen-bond donors (Lipinski definition) is 1. The molecule has 0 aliphatic heterocycles. The topological polar surface area (TPSA) is 25.2 Å². The summed E-state index contributed by atoms with van der Waals surface area (Å²) in [7, 11) is 0. The van der Waals surface area contributed by atoms with Crippen molar-refractivity contribution < 1.29 is 4.42 Å². The minimum Gasteiger partial charge on any atom is -0.460 e. The van der Waals surface area contributed by atoms with E-state index >= 15 is 0 Å². The van der Waals surface area contributed by atoms with E-state index in [-0.39, 0.29) is 0 Å². The van der Waals surface area contributed by atoms with Crippen LogP contribution >= 0.6 is 11.6 Å². The van der Waals surface area contributed by atoms with Crippen LogP contribution in [0.15, 0.2) is 40.8 Å². The third kappa shape index (κ3) is 2.91. The molecule has 1 aromatic carbocycles. The van der Waals surface area contributed by atoms with Crippen molar-refractivity contribution in [3.05, 3.63) is 47.2 Å². The van der Waals surface area contributed by atoms with Gasteiger partial charge in [-0.25, -0.2) is 0 Å². The van der Waals surface area contributed by atoms with Crippen molar-refractivity contribution in [3.8, 4) is 23.7 Å². The van der Waals surface area contributed by atoms with Crippen LogP contribution < -0.4 is 5.32 Å². The van der Waals surface area contributed by atoms with E-state index in [0.717, 1.165) is 17.1 Å². The van der Waals surface area contributed by atoms with Crippen molar-refractivity contribution in [2.75, 3.05) is 6.54 Å². The second-order valence-corrected chi connectivity index (χ2v) is 3.96. The maximum Gasteiger partial charge on any atom is 0.135 e. The Kier molecular flexibility index (Phi) is 3.87. The van der Waals surface area contributed by atoms with E-state index in [4.69, 9.17) is 22.4 Å². The van der Waals surface area contributed by atoms with Gasteiger partial charge in [0.1, 0.15) is 11.5 Å². The number of furan rings is 1. The molecule has 2 aromatic rings. The normalized spacial score (nSPS) is 10.1. The van der Waals surface area contributed by atoms with E-state index in [1.54, 1.807) is 0 Å². The minimum atomic E-state index is 0.530. The number of rotatable bonds is 4. The molecule has 1 N–H and O–H groups in total. The highest BCUT2D eigenvalue weighted by Gasteiger charge is 2.07. The van der Waals surface area contributed by atoms with Gasteiger partial charge in [0, 0.05) is 5.56 Å². The highest BCUT2D eigenvalue weighted by atomic mass is 35.5. The Morgan fingerprint density at radius 3 is 2.82 bits per heavy atom. The van der Waals surface area contributed by atoms with E-state index < -0.39 is 0 Å². The highest BCUT2D eigenvalue weighted by Crippen LogP contribution is 2.28. The van der Waals surface area contributed by atoms with Crippen molar-refractivity contribution in [3.63, 3.8) is 0 Å². The monoisotopic (exact) mass is 245 g/mol. The second kappa shape index (κ2) is 5.58. The van der Waals surface area contributed by atoms with Gasteiger partial charge >= 0.3 is 0 Å². The first kappa shape index (κ1) is 11.8. The Bertz CT molecular complexity index is 539. The maximum atomic E-state index is 6.09. The molecule has 0 atom stereocenters. The Morgan fingerprint density at radius 1 is 1.24 bits per heavy atom. The molecule has 17 heavy (non-hydrogen) atoms. The summed E-state index contributed by atoms with van der Waals surface area (Å²) >= 11 is 6.09. The van der Waals surface area contributed by atoms with E-state index in [9.17, 15) is 0 Å². The fourth-order valence-electron chi connectivity index (χ4n) is 1.54. The molecule has 0 fully saturated rings. The van der Waals surface area contributed by atoms with Gasteiger partial charge in [-0.3, -0.25) is 5.32 Å². The summed E-state index contributed by atoms with van der Waals surface area (Å²) in [4.78, 5) is 0. The van der Waals surface area contributed by atoms with Crippen molar-refractivity contribution in [1.82, 2.24) is 5.32 Å². The molecule has 0 unspecified atom stereocenters. The second-order valence-electron chi connectivity index (χ2n) is 3.55. The van der Waals surface area contributed by atoms with E-state index in [1.165, 1.54) is 0 Å². The molecule has 0 amide bonds. The van der Waals surface area contributed by atoms with Gasteiger partial charge < -0.3 is 4.42 Å². The Labute approximate surface area is 106 Å². The van der Waals surface area contributed by atoms with Gasteiger partial charge in [-0.15, -0.1) is 6.42 Å². The van der Waals surface area contributed by atoms with Crippen LogP contribution in [-0.4, -0.2) is 6.54 Å². The molecule has 1 aromatic heterocycles. The molecular formula is C14H12ClNO. The summed E-state index contributed by atoms with van der Waals surface area (Å²) in [5.74, 6) is 4.13. The lowest BCUT2D eigenvalue weighted by molar-refractivity contribution is 0.503. The number of hydrogen-bond acceptors (Lipinski definition) is 2. The molecule has 2 nitrogen and oxygen atoms in total. The fourth-order valence-corrected chi connectivity index (χ4v) is 1.77. The standard InChI is InChI=1S/C14H12ClNO/c1-2-9-16-10-11-7-8-14(17-11)12-5-3-4-6-13(12)15/h1,3-8,16H,9-10H2. The Morgan fingerprint density at radius 2 is 2.06 bits per heavy atom. The first-order chi connectivity index (χ1) is 8.31. The van der Waals surface area contributed by atoms with Crippen LogP contribution in [0.25, 0.3) is 11.3 Å². The van der Waals surface area contributed by atoms with Gasteiger partial charge in [0.15, 0.2) is 0 Å². The van der Waals surface area contributed by atoms with Crippen LogP contribution in [0.5, 0.6) is 0 Å². The molecule has 0 saturated carbocycles. The summed E-state index contributed by atoms with van der Waals surface area (Å²) in [6, 6.07) is 11.4. The number of nitrogens with one attached hydrogen (secondary N) is 1. The minimum absolute atomic E-state index is 0.530. The van der Waals surface area contributed by atoms with Crippen LogP contribution in [-0.2, 0) is 6.54 Å². The first-order valence-electron chi connectivity index (χ1n) is 5.29. The average molecular weight is 246 g/mol. The lowest BCUT2D eigenvalue weighted by Gasteiger charge is -2.00. The van der Waals surface area contributed by atoms with Crippen molar-refractivity contribution in [1.29, 1.82) is 0 Å². The van der Waals surface area contributed by atoms with Gasteiger partial charge in [0.05, 0.1) is 18.1 Å². The van der Waals surface area contributed by atoms with Gasteiger partial charge in [0.25, 0.3) is 0 Å². The van der Waals surface area contributed by atoms with Crippen molar-refractivity contribution >= 4 is 11.6 Å². The van der Waals surface area contributed by atoms with Crippen molar-refractivity contribution in [2.24, 2.45) is 0 Å². The highest BCUT2D eigenvalue weighted by molar-refractivity contribution is 6.33. The molecule has 0 bridgehead atoms. The predicted octanol–water partition coefficient (Wildman–Crippen LogP) is 3.32. The Hall–Kier alpha value is -1.69. The van der Waals surface area contributed by atoms with Gasteiger partial charge in [-0.05, 0) is 24.3 Å². The van der Waals surface area contributed by atoms with Gasteiger partial charge in [-0.1, -0.05) is 29.7 Å². The molecular weight excluding hydrogens is 234 g/mol.